The number of likely N-dealkylation sites (N-methyl/N-ethyl adjacent to an activating group) is 1. The number of ether oxygens (including phenoxy) is 2. The third-order valence-electron chi connectivity index (χ3n) is 7.70. The molecule has 0 spiro atoms. The number of carbonyl (C=O) groups is 4. The van der Waals surface area contributed by atoms with Crippen molar-refractivity contribution in [3.8, 4) is 5.75 Å². The largest absolute Gasteiger partial charge is 0.497 e. The zero-order chi connectivity index (χ0) is 30.9. The fourth-order valence-electron chi connectivity index (χ4n) is 5.48. The second-order valence-electron chi connectivity index (χ2n) is 10.5. The minimum Gasteiger partial charge on any atom is -0.497 e. The predicted octanol–water partition coefficient (Wildman–Crippen LogP) is 2.89. The Bertz CT molecular complexity index is 1290. The predicted molar refractivity (Wildman–Crippen MR) is 159 cm³/mol. The number of hydrazine groups is 1. The molecule has 2 aromatic carbocycles. The Kier molecular flexibility index (Phi) is 10.6. The van der Waals surface area contributed by atoms with Crippen LogP contribution in [-0.4, -0.2) is 96.4 Å². The highest BCUT2D eigenvalue weighted by molar-refractivity contribution is 5.91. The van der Waals surface area contributed by atoms with Gasteiger partial charge >= 0.3 is 12.1 Å². The van der Waals surface area contributed by atoms with Crippen molar-refractivity contribution in [3.63, 3.8) is 0 Å². The van der Waals surface area contributed by atoms with Gasteiger partial charge in [0.1, 0.15) is 24.6 Å². The molecule has 2 fully saturated rings. The summed E-state index contributed by atoms with van der Waals surface area (Å²) in [6, 6.07) is 15.5. The average Bonchev–Trinajstić information content (AvgIpc) is 3.02. The number of methoxy groups -OCH3 is 1. The molecule has 12 nitrogen and oxygen atoms in total. The van der Waals surface area contributed by atoms with E-state index in [1.807, 2.05) is 61.5 Å². The summed E-state index contributed by atoms with van der Waals surface area (Å²) in [6.45, 7) is 6.17. The molecule has 0 radical (unpaired) electrons. The number of nitrogens with zero attached hydrogens (tertiary/aromatic N) is 4. The van der Waals surface area contributed by atoms with Crippen LogP contribution in [0.3, 0.4) is 0 Å². The van der Waals surface area contributed by atoms with Crippen LogP contribution in [0.2, 0.25) is 0 Å². The van der Waals surface area contributed by atoms with Gasteiger partial charge < -0.3 is 29.9 Å². The van der Waals surface area contributed by atoms with Crippen molar-refractivity contribution in [1.29, 1.82) is 0 Å². The maximum absolute atomic E-state index is 14.0. The van der Waals surface area contributed by atoms with E-state index < -0.39 is 18.3 Å². The number of hydrogen-bond acceptors (Lipinski definition) is 7. The molecule has 1 unspecified atom stereocenters. The third-order valence-corrected chi connectivity index (χ3v) is 7.70. The van der Waals surface area contributed by atoms with Crippen LogP contribution in [0.5, 0.6) is 5.75 Å². The summed E-state index contributed by atoms with van der Waals surface area (Å²) in [5.41, 5.74) is 1.83. The van der Waals surface area contributed by atoms with Gasteiger partial charge in [0.25, 0.3) is 0 Å². The molecule has 2 aliphatic rings. The summed E-state index contributed by atoms with van der Waals surface area (Å²) in [6.07, 6.45) is 0.888. The van der Waals surface area contributed by atoms with Crippen molar-refractivity contribution in [1.82, 2.24) is 30.5 Å². The molecule has 2 N–H and O–H groups in total. The van der Waals surface area contributed by atoms with E-state index in [0.29, 0.717) is 12.8 Å². The maximum Gasteiger partial charge on any atom is 0.407 e. The number of carbonyl (C=O) groups excluding carboxylic acids is 4. The van der Waals surface area contributed by atoms with Gasteiger partial charge in [-0.15, -0.1) is 0 Å². The van der Waals surface area contributed by atoms with Gasteiger partial charge in [0, 0.05) is 20.1 Å². The number of benzene rings is 2. The number of rotatable bonds is 11. The number of amides is 5. The van der Waals surface area contributed by atoms with Crippen LogP contribution in [0.4, 0.5) is 9.59 Å². The van der Waals surface area contributed by atoms with Crippen LogP contribution in [0.1, 0.15) is 36.9 Å². The van der Waals surface area contributed by atoms with Crippen molar-refractivity contribution in [2.75, 3.05) is 40.4 Å². The molecule has 0 saturated carbocycles. The zero-order valence-corrected chi connectivity index (χ0v) is 24.9. The summed E-state index contributed by atoms with van der Waals surface area (Å²) in [5, 5.41) is 8.75. The van der Waals surface area contributed by atoms with Gasteiger partial charge in [-0.2, -0.15) is 0 Å². The summed E-state index contributed by atoms with van der Waals surface area (Å²) in [5.74, 6) is 0.281. The summed E-state index contributed by atoms with van der Waals surface area (Å²) < 4.78 is 10.2. The standard InChI is InChI=1S/C31H40N6O6/c1-5-18-43-31(41)32-17-9-12-26-29(39)35(22(2)24-10-7-6-8-11-24)20-27-36(26)28(38)21-34(3)37(27)30(40)33-19-23-13-15-25(42-4)16-14-23/h5-8,10-11,13-16,22,26-27H,1,9,12,17-21H2,2-4H3,(H,32,41)(H,33,40)/t22?,26-,27-/m0/s1. The molecule has 2 aromatic rings. The molecule has 0 aliphatic carbocycles. The minimum atomic E-state index is -0.811. The lowest BCUT2D eigenvalue weighted by Gasteiger charge is -2.55. The number of urea groups is 1. The van der Waals surface area contributed by atoms with E-state index in [1.54, 1.807) is 29.0 Å². The van der Waals surface area contributed by atoms with E-state index in [4.69, 9.17) is 9.47 Å². The van der Waals surface area contributed by atoms with Crippen molar-refractivity contribution in [3.05, 3.63) is 78.4 Å². The van der Waals surface area contributed by atoms with Crippen molar-refractivity contribution in [2.45, 2.75) is 44.6 Å². The van der Waals surface area contributed by atoms with Crippen LogP contribution in [0, 0.1) is 0 Å². The second-order valence-corrected chi connectivity index (χ2v) is 10.5. The van der Waals surface area contributed by atoms with Gasteiger partial charge in [-0.25, -0.2) is 19.6 Å². The quantitative estimate of drug-likeness (QED) is 0.304. The van der Waals surface area contributed by atoms with Gasteiger partial charge in [-0.05, 0) is 43.0 Å². The molecule has 2 saturated heterocycles. The Balaban J connectivity index is 1.55. The second kappa shape index (κ2) is 14.5. The molecule has 12 heteroatoms. The van der Waals surface area contributed by atoms with Crippen molar-refractivity contribution >= 4 is 23.9 Å². The number of piperazine rings is 1. The first-order valence-electron chi connectivity index (χ1n) is 14.3. The fourth-order valence-corrected chi connectivity index (χ4v) is 5.48. The molecule has 4 rings (SSSR count). The normalized spacial score (nSPS) is 19.4. The number of hydrogen-bond donors (Lipinski definition) is 2. The van der Waals surface area contributed by atoms with E-state index >= 15 is 0 Å². The third kappa shape index (κ3) is 7.44. The molecule has 2 heterocycles. The Labute approximate surface area is 252 Å². The Morgan fingerprint density at radius 3 is 2.49 bits per heavy atom. The monoisotopic (exact) mass is 592 g/mol. The van der Waals surface area contributed by atoms with E-state index in [-0.39, 0.29) is 56.7 Å². The van der Waals surface area contributed by atoms with Gasteiger partial charge in [-0.1, -0.05) is 55.1 Å². The number of nitrogens with one attached hydrogen (secondary N) is 2. The number of fused-ring (bicyclic) bond motifs is 1. The highest BCUT2D eigenvalue weighted by Gasteiger charge is 2.51. The first-order valence-corrected chi connectivity index (χ1v) is 14.3. The first-order chi connectivity index (χ1) is 20.7. The lowest BCUT2D eigenvalue weighted by molar-refractivity contribution is -0.189. The molecular weight excluding hydrogens is 552 g/mol. The molecule has 5 amide bonds. The van der Waals surface area contributed by atoms with Crippen LogP contribution >= 0.6 is 0 Å². The molecular formula is C31H40N6O6. The minimum absolute atomic E-state index is 0.0589. The number of alkyl carbamates (subject to hydrolysis) is 1. The van der Waals surface area contributed by atoms with Gasteiger partial charge in [0.15, 0.2) is 0 Å². The fraction of sp³-hybridized carbons (Fsp3) is 0.419. The van der Waals surface area contributed by atoms with Crippen molar-refractivity contribution in [2.24, 2.45) is 0 Å². The van der Waals surface area contributed by atoms with Crippen LogP contribution in [-0.2, 0) is 20.9 Å². The lowest BCUT2D eigenvalue weighted by atomic mass is 9.98. The Morgan fingerprint density at radius 1 is 1.09 bits per heavy atom. The van der Waals surface area contributed by atoms with E-state index in [9.17, 15) is 19.2 Å². The molecule has 0 bridgehead atoms. The van der Waals surface area contributed by atoms with Gasteiger partial charge in [0.05, 0.1) is 26.2 Å². The molecule has 230 valence electrons. The highest BCUT2D eigenvalue weighted by atomic mass is 16.5. The summed E-state index contributed by atoms with van der Waals surface area (Å²) in [7, 11) is 3.28. The van der Waals surface area contributed by atoms with Crippen molar-refractivity contribution < 1.29 is 28.7 Å². The highest BCUT2D eigenvalue weighted by Crippen LogP contribution is 2.32. The molecule has 43 heavy (non-hydrogen) atoms. The smallest absolute Gasteiger partial charge is 0.407 e. The topological polar surface area (TPSA) is 124 Å². The molecule has 0 aromatic heterocycles. The van der Waals surface area contributed by atoms with E-state index in [1.165, 1.54) is 11.1 Å². The van der Waals surface area contributed by atoms with Gasteiger partial charge in [-0.3, -0.25) is 9.59 Å². The maximum atomic E-state index is 14.0. The first kappa shape index (κ1) is 31.4. The average molecular weight is 593 g/mol. The SMILES string of the molecule is C=CCOC(=O)NCCC[C@H]1C(=O)N(C(C)c2ccccc2)C[C@H]2N1C(=O)CN(C)N2C(=O)NCc1ccc(OC)cc1. The van der Waals surface area contributed by atoms with Gasteiger partial charge in [0.2, 0.25) is 11.8 Å². The van der Waals surface area contributed by atoms with Crippen LogP contribution < -0.4 is 15.4 Å². The summed E-state index contributed by atoms with van der Waals surface area (Å²) >= 11 is 0. The van der Waals surface area contributed by atoms with Crippen LogP contribution in [0.25, 0.3) is 0 Å². The van der Waals surface area contributed by atoms with E-state index in [2.05, 4.69) is 17.2 Å². The van der Waals surface area contributed by atoms with Crippen LogP contribution in [0.15, 0.2) is 67.3 Å². The zero-order valence-electron chi connectivity index (χ0n) is 24.9. The Hall–Kier alpha value is -4.58. The lowest BCUT2D eigenvalue weighted by Crippen LogP contribution is -2.76. The summed E-state index contributed by atoms with van der Waals surface area (Å²) in [4.78, 5) is 56.3. The Morgan fingerprint density at radius 2 is 1.81 bits per heavy atom. The molecule has 2 aliphatic heterocycles. The van der Waals surface area contributed by atoms with E-state index in [0.717, 1.165) is 16.9 Å². The molecule has 3 atom stereocenters.